The van der Waals surface area contributed by atoms with Crippen LogP contribution in [0.3, 0.4) is 0 Å². The number of carbonyl (C=O) groups is 1. The van der Waals surface area contributed by atoms with Gasteiger partial charge in [-0.05, 0) is 41.5 Å². The van der Waals surface area contributed by atoms with Gasteiger partial charge in [-0.1, -0.05) is 40.5 Å². The van der Waals surface area contributed by atoms with E-state index in [4.69, 9.17) is 0 Å². The Balaban J connectivity index is 2.49. The largest absolute Gasteiger partial charge is 0.479 e. The Morgan fingerprint density at radius 1 is 1.38 bits per heavy atom. The molecule has 0 saturated heterocycles. The average Bonchev–Trinajstić information content (AvgIpc) is 2.89. The van der Waals surface area contributed by atoms with Crippen LogP contribution in [0.1, 0.15) is 78.0 Å². The molecule has 1 aliphatic rings. The lowest BCUT2D eigenvalue weighted by molar-refractivity contribution is -0.149. The van der Waals surface area contributed by atoms with Crippen molar-refractivity contribution in [2.75, 3.05) is 0 Å². The molecule has 0 amide bonds. The summed E-state index contributed by atoms with van der Waals surface area (Å²) >= 11 is 0. The molecule has 2 rings (SSSR count). The minimum atomic E-state index is -1.04. The highest BCUT2D eigenvalue weighted by Crippen LogP contribution is 2.46. The molecule has 0 bridgehead atoms. The normalized spacial score (nSPS) is 22.2. The second-order valence-electron chi connectivity index (χ2n) is 6.78. The van der Waals surface area contributed by atoms with Gasteiger partial charge in [-0.15, -0.1) is 5.10 Å². The first-order valence-electron chi connectivity index (χ1n) is 7.91. The number of rotatable bonds is 5. The van der Waals surface area contributed by atoms with Crippen LogP contribution in [0, 0.1) is 5.41 Å². The minimum Gasteiger partial charge on any atom is -0.479 e. The van der Waals surface area contributed by atoms with E-state index in [2.05, 4.69) is 29.4 Å². The molecule has 0 aliphatic heterocycles. The second-order valence-corrected chi connectivity index (χ2v) is 6.78. The fraction of sp³-hybridized carbons (Fsp3) is 0.867. The molecule has 1 aromatic rings. The predicted molar refractivity (Wildman–Crippen MR) is 79.0 cm³/mol. The maximum atomic E-state index is 11.9. The predicted octanol–water partition coefficient (Wildman–Crippen LogP) is 2.96. The number of hydrogen-bond acceptors (Lipinski definition) is 4. The SMILES string of the molecule is CCC(CC)(C(=O)O)n1nnnc1C1CCCCC1(C)C. The lowest BCUT2D eigenvalue weighted by atomic mass is 9.68. The molecule has 6 heteroatoms. The van der Waals surface area contributed by atoms with Crippen molar-refractivity contribution in [3.63, 3.8) is 0 Å². The summed E-state index contributed by atoms with van der Waals surface area (Å²) in [6.07, 6.45) is 5.48. The molecule has 0 spiro atoms. The highest BCUT2D eigenvalue weighted by Gasteiger charge is 2.44. The van der Waals surface area contributed by atoms with Gasteiger partial charge in [0.05, 0.1) is 0 Å². The number of carboxylic acid groups (broad SMARTS) is 1. The Hall–Kier alpha value is -1.46. The van der Waals surface area contributed by atoms with Crippen molar-refractivity contribution in [2.45, 2.75) is 77.7 Å². The van der Waals surface area contributed by atoms with Crippen LogP contribution < -0.4 is 0 Å². The summed E-state index contributed by atoms with van der Waals surface area (Å²) in [4.78, 5) is 11.9. The van der Waals surface area contributed by atoms with Gasteiger partial charge in [-0.3, -0.25) is 0 Å². The third-order valence-electron chi connectivity index (χ3n) is 5.29. The number of hydrogen-bond donors (Lipinski definition) is 1. The number of aliphatic carboxylic acids is 1. The molecule has 1 fully saturated rings. The van der Waals surface area contributed by atoms with Gasteiger partial charge < -0.3 is 5.11 Å². The van der Waals surface area contributed by atoms with Crippen molar-refractivity contribution in [2.24, 2.45) is 5.41 Å². The zero-order valence-corrected chi connectivity index (χ0v) is 13.5. The summed E-state index contributed by atoms with van der Waals surface area (Å²) in [6, 6.07) is 0. The van der Waals surface area contributed by atoms with E-state index >= 15 is 0 Å². The standard InChI is InChI=1S/C15H26N4O2/c1-5-15(6-2,13(20)21)19-12(16-17-18-19)11-9-7-8-10-14(11,3)4/h11H,5-10H2,1-4H3,(H,20,21). The quantitative estimate of drug-likeness (QED) is 0.903. The van der Waals surface area contributed by atoms with Crippen molar-refractivity contribution < 1.29 is 9.90 Å². The molecular weight excluding hydrogens is 268 g/mol. The van der Waals surface area contributed by atoms with Crippen molar-refractivity contribution in [3.8, 4) is 0 Å². The van der Waals surface area contributed by atoms with Crippen molar-refractivity contribution >= 4 is 5.97 Å². The van der Waals surface area contributed by atoms with Crippen LogP contribution in [-0.4, -0.2) is 31.3 Å². The summed E-state index contributed by atoms with van der Waals surface area (Å²) in [5.74, 6) is 0.110. The lowest BCUT2D eigenvalue weighted by Crippen LogP contribution is -2.44. The Morgan fingerprint density at radius 3 is 2.57 bits per heavy atom. The van der Waals surface area contributed by atoms with Crippen LogP contribution in [0.5, 0.6) is 0 Å². The molecule has 1 atom stereocenters. The monoisotopic (exact) mass is 294 g/mol. The molecule has 118 valence electrons. The van der Waals surface area contributed by atoms with Crippen LogP contribution >= 0.6 is 0 Å². The Morgan fingerprint density at radius 2 is 2.05 bits per heavy atom. The first kappa shape index (κ1) is 15.9. The van der Waals surface area contributed by atoms with E-state index in [0.717, 1.165) is 25.1 Å². The number of aromatic nitrogens is 4. The zero-order valence-electron chi connectivity index (χ0n) is 13.5. The molecule has 1 unspecified atom stereocenters. The van der Waals surface area contributed by atoms with E-state index in [0.29, 0.717) is 12.8 Å². The van der Waals surface area contributed by atoms with Gasteiger partial charge in [0.25, 0.3) is 0 Å². The molecule has 0 aromatic carbocycles. The van der Waals surface area contributed by atoms with Gasteiger partial charge in [-0.2, -0.15) is 0 Å². The van der Waals surface area contributed by atoms with E-state index in [-0.39, 0.29) is 11.3 Å². The maximum absolute atomic E-state index is 11.9. The van der Waals surface area contributed by atoms with Gasteiger partial charge in [0.15, 0.2) is 11.4 Å². The molecular formula is C15H26N4O2. The summed E-state index contributed by atoms with van der Waals surface area (Å²) < 4.78 is 1.59. The fourth-order valence-corrected chi connectivity index (χ4v) is 3.63. The van der Waals surface area contributed by atoms with Gasteiger partial charge in [0, 0.05) is 5.92 Å². The van der Waals surface area contributed by atoms with Crippen LogP contribution in [0.25, 0.3) is 0 Å². The first-order chi connectivity index (χ1) is 9.89. The van der Waals surface area contributed by atoms with Crippen LogP contribution in [-0.2, 0) is 10.3 Å². The Labute approximate surface area is 125 Å². The maximum Gasteiger partial charge on any atom is 0.331 e. The van der Waals surface area contributed by atoms with Crippen LogP contribution in [0.4, 0.5) is 0 Å². The van der Waals surface area contributed by atoms with Gasteiger partial charge in [-0.25, -0.2) is 9.48 Å². The lowest BCUT2D eigenvalue weighted by Gasteiger charge is -2.39. The molecule has 1 N–H and O–H groups in total. The zero-order chi connectivity index (χ0) is 15.7. The molecule has 1 heterocycles. The van der Waals surface area contributed by atoms with Crippen molar-refractivity contribution in [1.82, 2.24) is 20.2 Å². The van der Waals surface area contributed by atoms with Crippen molar-refractivity contribution in [3.05, 3.63) is 5.82 Å². The number of tetrazole rings is 1. The molecule has 6 nitrogen and oxygen atoms in total. The molecule has 0 radical (unpaired) electrons. The first-order valence-corrected chi connectivity index (χ1v) is 7.91. The molecule has 1 aromatic heterocycles. The van der Waals surface area contributed by atoms with Crippen molar-refractivity contribution in [1.29, 1.82) is 0 Å². The molecule has 21 heavy (non-hydrogen) atoms. The second kappa shape index (κ2) is 5.73. The summed E-state index contributed by atoms with van der Waals surface area (Å²) in [5, 5.41) is 21.8. The number of carboxylic acids is 1. The van der Waals surface area contributed by atoms with E-state index in [1.165, 1.54) is 6.42 Å². The number of nitrogens with zero attached hydrogens (tertiary/aromatic N) is 4. The summed E-state index contributed by atoms with van der Waals surface area (Å²) in [6.45, 7) is 8.23. The Bertz CT molecular complexity index is 506. The third kappa shape index (κ3) is 2.56. The van der Waals surface area contributed by atoms with Crippen LogP contribution in [0.2, 0.25) is 0 Å². The van der Waals surface area contributed by atoms with Gasteiger partial charge in [0.2, 0.25) is 0 Å². The Kier molecular flexibility index (Phi) is 4.35. The van der Waals surface area contributed by atoms with Gasteiger partial charge >= 0.3 is 5.97 Å². The van der Waals surface area contributed by atoms with Crippen LogP contribution in [0.15, 0.2) is 0 Å². The van der Waals surface area contributed by atoms with E-state index in [1.807, 2.05) is 13.8 Å². The smallest absolute Gasteiger partial charge is 0.331 e. The average molecular weight is 294 g/mol. The highest BCUT2D eigenvalue weighted by molar-refractivity contribution is 5.76. The minimum absolute atomic E-state index is 0.108. The van der Waals surface area contributed by atoms with E-state index in [1.54, 1.807) is 4.68 Å². The molecule has 1 aliphatic carbocycles. The molecule has 1 saturated carbocycles. The topological polar surface area (TPSA) is 80.9 Å². The van der Waals surface area contributed by atoms with E-state index < -0.39 is 11.5 Å². The summed E-state index contributed by atoms with van der Waals surface area (Å²) in [5.41, 5.74) is -0.928. The fourth-order valence-electron chi connectivity index (χ4n) is 3.63. The third-order valence-corrected chi connectivity index (χ3v) is 5.29. The highest BCUT2D eigenvalue weighted by atomic mass is 16.4. The summed E-state index contributed by atoms with van der Waals surface area (Å²) in [7, 11) is 0. The van der Waals surface area contributed by atoms with Gasteiger partial charge in [0.1, 0.15) is 0 Å². The van der Waals surface area contributed by atoms with E-state index in [9.17, 15) is 9.90 Å².